The number of aryl methyl sites for hydroxylation is 1. The summed E-state index contributed by atoms with van der Waals surface area (Å²) in [6.07, 6.45) is 0.222. The van der Waals surface area contributed by atoms with E-state index in [9.17, 15) is 4.79 Å². The van der Waals surface area contributed by atoms with Crippen molar-refractivity contribution in [3.63, 3.8) is 0 Å². The van der Waals surface area contributed by atoms with Crippen LogP contribution >= 0.6 is 34.5 Å². The Bertz CT molecular complexity index is 975. The molecule has 0 saturated heterocycles. The summed E-state index contributed by atoms with van der Waals surface area (Å²) in [7, 11) is 3.42. The van der Waals surface area contributed by atoms with Crippen LogP contribution in [0.15, 0.2) is 41.4 Å². The van der Waals surface area contributed by atoms with Crippen molar-refractivity contribution in [2.24, 2.45) is 12.0 Å². The van der Waals surface area contributed by atoms with Gasteiger partial charge in [-0.05, 0) is 29.8 Å². The first kappa shape index (κ1) is 17.0. The van der Waals surface area contributed by atoms with E-state index in [4.69, 9.17) is 27.9 Å². The lowest BCUT2D eigenvalue weighted by Gasteiger charge is -2.01. The molecule has 0 spiro atoms. The molecule has 0 fully saturated rings. The minimum atomic E-state index is -0.227. The van der Waals surface area contributed by atoms with Gasteiger partial charge in [-0.15, -0.1) is 0 Å². The third-order valence-corrected chi connectivity index (χ3v) is 5.48. The first-order valence-corrected chi connectivity index (χ1v) is 8.71. The Morgan fingerprint density at radius 1 is 1.17 bits per heavy atom. The number of hydrogen-bond acceptors (Lipinski definition) is 3. The van der Waals surface area contributed by atoms with Crippen LogP contribution < -0.4 is 9.54 Å². The van der Waals surface area contributed by atoms with Gasteiger partial charge in [0.25, 0.3) is 5.91 Å². The van der Waals surface area contributed by atoms with E-state index < -0.39 is 0 Å². The number of halogens is 2. The number of benzene rings is 2. The molecule has 2 aromatic carbocycles. The molecule has 0 aliphatic carbocycles. The molecule has 0 aliphatic heterocycles. The zero-order valence-electron chi connectivity index (χ0n) is 13.0. The monoisotopic (exact) mass is 380 g/mol. The third kappa shape index (κ3) is 3.34. The summed E-state index contributed by atoms with van der Waals surface area (Å²) in [6.45, 7) is 0. The van der Waals surface area contributed by atoms with Crippen molar-refractivity contribution >= 4 is 50.7 Å². The second-order valence-corrected chi connectivity index (χ2v) is 6.97. The van der Waals surface area contributed by atoms with Gasteiger partial charge in [0.05, 0.1) is 33.8 Å². The largest absolute Gasteiger partial charge is 0.497 e. The van der Waals surface area contributed by atoms with Crippen LogP contribution in [0.25, 0.3) is 10.2 Å². The van der Waals surface area contributed by atoms with Gasteiger partial charge in [-0.3, -0.25) is 4.79 Å². The highest BCUT2D eigenvalue weighted by atomic mass is 35.5. The molecule has 1 amide bonds. The van der Waals surface area contributed by atoms with Gasteiger partial charge in [-0.25, -0.2) is 0 Å². The smallest absolute Gasteiger partial charge is 0.252 e. The van der Waals surface area contributed by atoms with Gasteiger partial charge < -0.3 is 9.30 Å². The van der Waals surface area contributed by atoms with E-state index in [2.05, 4.69) is 4.99 Å². The molecule has 0 N–H and O–H groups in total. The Kier molecular flexibility index (Phi) is 4.94. The predicted molar refractivity (Wildman–Crippen MR) is 98.1 cm³/mol. The molecule has 0 aliphatic rings. The van der Waals surface area contributed by atoms with E-state index in [1.807, 2.05) is 31.3 Å². The lowest BCUT2D eigenvalue weighted by atomic mass is 10.1. The summed E-state index contributed by atoms with van der Waals surface area (Å²) < 4.78 is 7.72. The summed E-state index contributed by atoms with van der Waals surface area (Å²) in [5.74, 6) is 0.526. The second kappa shape index (κ2) is 6.97. The molecule has 0 radical (unpaired) electrons. The van der Waals surface area contributed by atoms with E-state index in [0.29, 0.717) is 14.8 Å². The number of ether oxygens (including phenoxy) is 1. The zero-order valence-corrected chi connectivity index (χ0v) is 15.4. The van der Waals surface area contributed by atoms with Crippen LogP contribution in [-0.4, -0.2) is 17.6 Å². The summed E-state index contributed by atoms with van der Waals surface area (Å²) in [6, 6.07) is 10.8. The third-order valence-electron chi connectivity index (χ3n) is 3.58. The molecule has 24 heavy (non-hydrogen) atoms. The van der Waals surface area contributed by atoms with E-state index in [-0.39, 0.29) is 12.3 Å². The quantitative estimate of drug-likeness (QED) is 0.682. The molecule has 1 aromatic heterocycles. The molecular weight excluding hydrogens is 367 g/mol. The lowest BCUT2D eigenvalue weighted by molar-refractivity contribution is -0.117. The fraction of sp³-hybridized carbons (Fsp3) is 0.176. The first-order chi connectivity index (χ1) is 11.5. The topological polar surface area (TPSA) is 43.6 Å². The second-order valence-electron chi connectivity index (χ2n) is 5.18. The highest BCUT2D eigenvalue weighted by Gasteiger charge is 2.11. The molecule has 7 heteroatoms. The maximum atomic E-state index is 12.3. The van der Waals surface area contributed by atoms with E-state index in [1.54, 1.807) is 23.8 Å². The Hall–Kier alpha value is -1.82. The number of hydrogen-bond donors (Lipinski definition) is 0. The molecule has 1 heterocycles. The highest BCUT2D eigenvalue weighted by Crippen LogP contribution is 2.31. The summed E-state index contributed by atoms with van der Waals surface area (Å²) in [5, 5.41) is 1.18. The maximum Gasteiger partial charge on any atom is 0.252 e. The summed E-state index contributed by atoms with van der Waals surface area (Å²) in [5.41, 5.74) is 1.66. The normalized spacial score (nSPS) is 11.9. The fourth-order valence-corrected chi connectivity index (χ4v) is 4.03. The van der Waals surface area contributed by atoms with Crippen molar-refractivity contribution in [3.8, 4) is 5.75 Å². The van der Waals surface area contributed by atoms with Crippen molar-refractivity contribution in [2.75, 3.05) is 7.11 Å². The number of aromatic nitrogens is 1. The Morgan fingerprint density at radius 2 is 1.83 bits per heavy atom. The molecule has 0 saturated carbocycles. The van der Waals surface area contributed by atoms with Gasteiger partial charge in [-0.2, -0.15) is 4.99 Å². The van der Waals surface area contributed by atoms with Gasteiger partial charge in [-0.1, -0.05) is 46.7 Å². The molecule has 3 aromatic rings. The van der Waals surface area contributed by atoms with Crippen molar-refractivity contribution < 1.29 is 9.53 Å². The van der Waals surface area contributed by atoms with Crippen LogP contribution in [0, 0.1) is 0 Å². The molecule has 0 bridgehead atoms. The molecular formula is C17H14Cl2N2O2S. The first-order valence-electron chi connectivity index (χ1n) is 7.13. The van der Waals surface area contributed by atoms with Crippen LogP contribution in [-0.2, 0) is 18.3 Å². The van der Waals surface area contributed by atoms with Crippen LogP contribution in [0.4, 0.5) is 0 Å². The van der Waals surface area contributed by atoms with Gasteiger partial charge in [0.2, 0.25) is 0 Å². The van der Waals surface area contributed by atoms with Crippen LogP contribution in [0.2, 0.25) is 10.0 Å². The fourth-order valence-electron chi connectivity index (χ4n) is 2.35. The van der Waals surface area contributed by atoms with Crippen molar-refractivity contribution in [3.05, 3.63) is 56.8 Å². The lowest BCUT2D eigenvalue weighted by Crippen LogP contribution is -2.14. The Morgan fingerprint density at radius 3 is 2.46 bits per heavy atom. The number of amides is 1. The van der Waals surface area contributed by atoms with Gasteiger partial charge >= 0.3 is 0 Å². The van der Waals surface area contributed by atoms with Gasteiger partial charge in [0.15, 0.2) is 4.80 Å². The summed E-state index contributed by atoms with van der Waals surface area (Å²) >= 11 is 13.8. The Labute approximate surface area is 152 Å². The van der Waals surface area contributed by atoms with E-state index in [1.165, 1.54) is 11.3 Å². The van der Waals surface area contributed by atoms with Crippen LogP contribution in [0.1, 0.15) is 5.56 Å². The standard InChI is InChI=1S/C17H14Cl2N2O2S/c1-21-15-12(18)7-8-13(19)16(15)24-17(21)20-14(22)9-10-3-5-11(23-2)6-4-10/h3-8H,9H2,1-2H3. The van der Waals surface area contributed by atoms with Crippen LogP contribution in [0.3, 0.4) is 0 Å². The molecule has 124 valence electrons. The number of methoxy groups -OCH3 is 1. The minimum Gasteiger partial charge on any atom is -0.497 e. The zero-order chi connectivity index (χ0) is 17.3. The van der Waals surface area contributed by atoms with Crippen molar-refractivity contribution in [1.82, 2.24) is 4.57 Å². The number of carbonyl (C=O) groups excluding carboxylic acids is 1. The van der Waals surface area contributed by atoms with E-state index in [0.717, 1.165) is 21.5 Å². The van der Waals surface area contributed by atoms with Crippen molar-refractivity contribution in [1.29, 1.82) is 0 Å². The van der Waals surface area contributed by atoms with Crippen LogP contribution in [0.5, 0.6) is 5.75 Å². The molecule has 3 rings (SSSR count). The number of carbonyl (C=O) groups is 1. The average Bonchev–Trinajstić information content (AvgIpc) is 2.90. The molecule has 0 atom stereocenters. The molecule has 4 nitrogen and oxygen atoms in total. The van der Waals surface area contributed by atoms with Gasteiger partial charge in [0.1, 0.15) is 5.75 Å². The number of rotatable bonds is 3. The van der Waals surface area contributed by atoms with Gasteiger partial charge in [0, 0.05) is 7.05 Å². The number of fused-ring (bicyclic) bond motifs is 1. The number of thiazole rings is 1. The average molecular weight is 381 g/mol. The predicted octanol–water partition coefficient (Wildman–Crippen LogP) is 4.23. The molecule has 0 unspecified atom stereocenters. The SMILES string of the molecule is COc1ccc(CC(=O)N=c2sc3c(Cl)ccc(Cl)c3n2C)cc1. The summed E-state index contributed by atoms with van der Waals surface area (Å²) in [4.78, 5) is 17.0. The number of nitrogens with zero attached hydrogens (tertiary/aromatic N) is 2. The van der Waals surface area contributed by atoms with E-state index >= 15 is 0 Å². The van der Waals surface area contributed by atoms with Crippen molar-refractivity contribution in [2.45, 2.75) is 6.42 Å². The maximum absolute atomic E-state index is 12.3. The minimum absolute atomic E-state index is 0.222. The highest BCUT2D eigenvalue weighted by molar-refractivity contribution is 7.17. The Balaban J connectivity index is 1.94.